The van der Waals surface area contributed by atoms with Gasteiger partial charge in [-0.2, -0.15) is 0 Å². The molecule has 1 aromatic rings. The standard InChI is InChI=1S/C17H28N2O/c1-4-20-17(9-5-6-14(2)13-17)16(18-3)12-15-7-10-19-11-8-15/h7-8,10-11,14,16,18H,4-6,9,12-13H2,1-3H3. The monoisotopic (exact) mass is 276 g/mol. The highest BCUT2D eigenvalue weighted by Gasteiger charge is 2.41. The van der Waals surface area contributed by atoms with Crippen molar-refractivity contribution in [1.29, 1.82) is 0 Å². The number of nitrogens with one attached hydrogen (secondary N) is 1. The molecule has 3 heteroatoms. The smallest absolute Gasteiger partial charge is 0.0840 e. The van der Waals surface area contributed by atoms with Gasteiger partial charge in [-0.15, -0.1) is 0 Å². The molecular weight excluding hydrogens is 248 g/mol. The summed E-state index contributed by atoms with van der Waals surface area (Å²) in [7, 11) is 2.06. The molecule has 3 atom stereocenters. The molecule has 3 unspecified atom stereocenters. The van der Waals surface area contributed by atoms with Gasteiger partial charge in [-0.05, 0) is 56.8 Å². The van der Waals surface area contributed by atoms with Gasteiger partial charge in [0.15, 0.2) is 0 Å². The fourth-order valence-corrected chi connectivity index (χ4v) is 3.69. The maximum absolute atomic E-state index is 6.29. The Balaban J connectivity index is 2.16. The lowest BCUT2D eigenvalue weighted by molar-refractivity contribution is -0.0988. The predicted octanol–water partition coefficient (Wildman–Crippen LogP) is 3.20. The van der Waals surface area contributed by atoms with Crippen LogP contribution >= 0.6 is 0 Å². The number of likely N-dealkylation sites (N-methyl/N-ethyl adjacent to an activating group) is 1. The Kier molecular flexibility index (Phi) is 5.55. The van der Waals surface area contributed by atoms with Gasteiger partial charge in [0.25, 0.3) is 0 Å². The summed E-state index contributed by atoms with van der Waals surface area (Å²) in [6.45, 7) is 5.26. The van der Waals surface area contributed by atoms with E-state index in [4.69, 9.17) is 4.74 Å². The van der Waals surface area contributed by atoms with E-state index in [1.807, 2.05) is 12.4 Å². The van der Waals surface area contributed by atoms with Gasteiger partial charge in [0.05, 0.1) is 5.60 Å². The molecule has 0 saturated heterocycles. The minimum atomic E-state index is -0.00949. The van der Waals surface area contributed by atoms with Crippen LogP contribution in [0.15, 0.2) is 24.5 Å². The molecule has 1 fully saturated rings. The summed E-state index contributed by atoms with van der Waals surface area (Å²) in [5, 5.41) is 3.52. The summed E-state index contributed by atoms with van der Waals surface area (Å²) in [6, 6.07) is 4.58. The minimum Gasteiger partial charge on any atom is -0.374 e. The van der Waals surface area contributed by atoms with E-state index in [-0.39, 0.29) is 5.60 Å². The van der Waals surface area contributed by atoms with E-state index < -0.39 is 0 Å². The summed E-state index contributed by atoms with van der Waals surface area (Å²) in [4.78, 5) is 4.11. The Hall–Kier alpha value is -0.930. The molecule has 0 aromatic carbocycles. The van der Waals surface area contributed by atoms with Crippen LogP contribution in [0.4, 0.5) is 0 Å². The Morgan fingerprint density at radius 1 is 1.45 bits per heavy atom. The number of rotatable bonds is 6. The van der Waals surface area contributed by atoms with E-state index in [0.717, 1.165) is 25.4 Å². The third-order valence-electron chi connectivity index (χ3n) is 4.60. The molecule has 0 aliphatic heterocycles. The van der Waals surface area contributed by atoms with Gasteiger partial charge in [0, 0.05) is 25.0 Å². The summed E-state index contributed by atoms with van der Waals surface area (Å²) < 4.78 is 6.29. The van der Waals surface area contributed by atoms with E-state index in [2.05, 4.69) is 43.3 Å². The second kappa shape index (κ2) is 7.19. The highest BCUT2D eigenvalue weighted by molar-refractivity contribution is 5.14. The Morgan fingerprint density at radius 3 is 2.80 bits per heavy atom. The van der Waals surface area contributed by atoms with Gasteiger partial charge >= 0.3 is 0 Å². The normalized spacial score (nSPS) is 28.2. The van der Waals surface area contributed by atoms with Crippen molar-refractivity contribution in [3.63, 3.8) is 0 Å². The average Bonchev–Trinajstić information content (AvgIpc) is 2.46. The van der Waals surface area contributed by atoms with Crippen molar-refractivity contribution in [2.45, 2.75) is 57.6 Å². The van der Waals surface area contributed by atoms with Crippen LogP contribution in [0.1, 0.15) is 45.1 Å². The third kappa shape index (κ3) is 3.58. The Bertz CT molecular complexity index is 391. The summed E-state index contributed by atoms with van der Waals surface area (Å²) in [5.74, 6) is 0.753. The molecule has 0 spiro atoms. The van der Waals surface area contributed by atoms with Crippen LogP contribution in [0.3, 0.4) is 0 Å². The molecule has 20 heavy (non-hydrogen) atoms. The first-order chi connectivity index (χ1) is 9.70. The highest BCUT2D eigenvalue weighted by Crippen LogP contribution is 2.38. The SMILES string of the molecule is CCOC1(C(Cc2ccncc2)NC)CCCC(C)C1. The number of hydrogen-bond acceptors (Lipinski definition) is 3. The quantitative estimate of drug-likeness (QED) is 0.866. The van der Waals surface area contributed by atoms with E-state index >= 15 is 0 Å². The van der Waals surface area contributed by atoms with Crippen molar-refractivity contribution in [2.24, 2.45) is 5.92 Å². The summed E-state index contributed by atoms with van der Waals surface area (Å²) in [5.41, 5.74) is 1.32. The van der Waals surface area contributed by atoms with Gasteiger partial charge in [0.2, 0.25) is 0 Å². The average molecular weight is 276 g/mol. The lowest BCUT2D eigenvalue weighted by atomic mass is 9.73. The van der Waals surface area contributed by atoms with E-state index in [1.165, 1.54) is 24.8 Å². The van der Waals surface area contributed by atoms with Gasteiger partial charge in [-0.3, -0.25) is 4.98 Å². The van der Waals surface area contributed by atoms with E-state index in [1.54, 1.807) is 0 Å². The molecule has 1 aliphatic carbocycles. The fraction of sp³-hybridized carbons (Fsp3) is 0.706. The summed E-state index contributed by atoms with van der Waals surface area (Å²) >= 11 is 0. The first kappa shape index (κ1) is 15.5. The Morgan fingerprint density at radius 2 is 2.20 bits per heavy atom. The molecule has 2 rings (SSSR count). The second-order valence-corrected chi connectivity index (χ2v) is 6.10. The zero-order valence-corrected chi connectivity index (χ0v) is 13.1. The lowest BCUT2D eigenvalue weighted by Gasteiger charge is -2.45. The van der Waals surface area contributed by atoms with Crippen LogP contribution in [0.25, 0.3) is 0 Å². The molecule has 112 valence electrons. The van der Waals surface area contributed by atoms with Crippen molar-refractivity contribution in [2.75, 3.05) is 13.7 Å². The molecule has 1 N–H and O–H groups in total. The first-order valence-corrected chi connectivity index (χ1v) is 7.90. The van der Waals surface area contributed by atoms with Crippen LogP contribution in [0.5, 0.6) is 0 Å². The van der Waals surface area contributed by atoms with Crippen molar-refractivity contribution in [3.05, 3.63) is 30.1 Å². The van der Waals surface area contributed by atoms with E-state index in [0.29, 0.717) is 6.04 Å². The van der Waals surface area contributed by atoms with Gasteiger partial charge in [-0.1, -0.05) is 19.8 Å². The number of ether oxygens (including phenoxy) is 1. The molecular formula is C17H28N2O. The molecule has 1 saturated carbocycles. The first-order valence-electron chi connectivity index (χ1n) is 7.90. The number of hydrogen-bond donors (Lipinski definition) is 1. The molecule has 1 aromatic heterocycles. The van der Waals surface area contributed by atoms with Crippen LogP contribution in [-0.2, 0) is 11.2 Å². The largest absolute Gasteiger partial charge is 0.374 e. The van der Waals surface area contributed by atoms with Crippen LogP contribution < -0.4 is 5.32 Å². The number of aromatic nitrogens is 1. The van der Waals surface area contributed by atoms with Gasteiger partial charge < -0.3 is 10.1 Å². The molecule has 3 nitrogen and oxygen atoms in total. The number of nitrogens with zero attached hydrogens (tertiary/aromatic N) is 1. The molecule has 1 heterocycles. The van der Waals surface area contributed by atoms with Crippen molar-refractivity contribution >= 4 is 0 Å². The van der Waals surface area contributed by atoms with Gasteiger partial charge in [0.1, 0.15) is 0 Å². The predicted molar refractivity (Wildman–Crippen MR) is 82.8 cm³/mol. The second-order valence-electron chi connectivity index (χ2n) is 6.10. The molecule has 0 radical (unpaired) electrons. The fourth-order valence-electron chi connectivity index (χ4n) is 3.69. The van der Waals surface area contributed by atoms with E-state index in [9.17, 15) is 0 Å². The molecule has 1 aliphatic rings. The van der Waals surface area contributed by atoms with Gasteiger partial charge in [-0.25, -0.2) is 0 Å². The zero-order valence-electron chi connectivity index (χ0n) is 13.1. The highest BCUT2D eigenvalue weighted by atomic mass is 16.5. The van der Waals surface area contributed by atoms with Crippen LogP contribution in [0.2, 0.25) is 0 Å². The topological polar surface area (TPSA) is 34.1 Å². The molecule has 0 bridgehead atoms. The van der Waals surface area contributed by atoms with Crippen LogP contribution in [-0.4, -0.2) is 30.3 Å². The lowest BCUT2D eigenvalue weighted by Crippen LogP contribution is -2.55. The number of pyridine rings is 1. The zero-order chi connectivity index (χ0) is 14.4. The minimum absolute atomic E-state index is 0.00949. The summed E-state index contributed by atoms with van der Waals surface area (Å²) in [6.07, 6.45) is 9.69. The van der Waals surface area contributed by atoms with Crippen LogP contribution in [0, 0.1) is 5.92 Å². The van der Waals surface area contributed by atoms with Crippen molar-refractivity contribution < 1.29 is 4.74 Å². The maximum Gasteiger partial charge on any atom is 0.0840 e. The maximum atomic E-state index is 6.29. The third-order valence-corrected chi connectivity index (χ3v) is 4.60. The molecule has 0 amide bonds. The van der Waals surface area contributed by atoms with Crippen molar-refractivity contribution in [1.82, 2.24) is 10.3 Å². The Labute approximate surface area is 123 Å². The van der Waals surface area contributed by atoms with Crippen molar-refractivity contribution in [3.8, 4) is 0 Å².